The van der Waals surface area contributed by atoms with Crippen molar-refractivity contribution in [2.75, 3.05) is 0 Å². The van der Waals surface area contributed by atoms with Gasteiger partial charge in [0.25, 0.3) is 5.92 Å². The van der Waals surface area contributed by atoms with E-state index in [1.165, 1.54) is 0 Å². The van der Waals surface area contributed by atoms with Crippen molar-refractivity contribution in [2.45, 2.75) is 64.6 Å². The quantitative estimate of drug-likeness (QED) is 0.219. The van der Waals surface area contributed by atoms with Crippen LogP contribution in [0.4, 0.5) is 8.78 Å². The Morgan fingerprint density at radius 2 is 2.00 bits per heavy atom. The monoisotopic (exact) mass is 478 g/mol. The highest BCUT2D eigenvalue weighted by molar-refractivity contribution is 5.95. The maximum Gasteiger partial charge on any atom is 0.338 e. The molecule has 0 amide bonds. The molecule has 0 bridgehead atoms. The zero-order chi connectivity index (χ0) is 24.9. The largest absolute Gasteiger partial charge is 0.459 e. The van der Waals surface area contributed by atoms with E-state index in [0.29, 0.717) is 40.7 Å². The number of imidazole rings is 1. The summed E-state index contributed by atoms with van der Waals surface area (Å²) in [5.74, 6) is -2.94. The van der Waals surface area contributed by atoms with Crippen molar-refractivity contribution in [2.24, 2.45) is 0 Å². The topological polar surface area (TPSA) is 61.9 Å². The van der Waals surface area contributed by atoms with E-state index in [4.69, 9.17) is 9.72 Å². The molecule has 0 radical (unpaired) electrons. The van der Waals surface area contributed by atoms with Gasteiger partial charge < -0.3 is 13.9 Å². The summed E-state index contributed by atoms with van der Waals surface area (Å²) in [4.78, 5) is 22.0. The number of halogens is 2. The van der Waals surface area contributed by atoms with E-state index in [2.05, 4.69) is 16.1 Å². The first kappa shape index (κ1) is 23.2. The maximum absolute atomic E-state index is 14.6. The van der Waals surface area contributed by atoms with Gasteiger partial charge in [-0.2, -0.15) is 0 Å². The lowest BCUT2D eigenvalue weighted by Gasteiger charge is -2.17. The fourth-order valence-corrected chi connectivity index (χ4v) is 4.37. The van der Waals surface area contributed by atoms with Crippen molar-refractivity contribution in [3.05, 3.63) is 60.3 Å². The molecule has 4 aromatic rings. The number of allylic oxidation sites excluding steroid dienone is 1. The molecule has 8 heteroatoms. The van der Waals surface area contributed by atoms with E-state index >= 15 is 0 Å². The number of aryl methyl sites for hydroxylation is 1. The van der Waals surface area contributed by atoms with Gasteiger partial charge in [0.2, 0.25) is 0 Å². The zero-order valence-electron chi connectivity index (χ0n) is 20.1. The number of carbonyl (C=O) groups excluding carboxylic acids is 1. The zero-order valence-corrected chi connectivity index (χ0v) is 20.1. The first-order chi connectivity index (χ1) is 16.7. The molecule has 3 heterocycles. The molecule has 1 aliphatic carbocycles. The highest BCUT2D eigenvalue weighted by Gasteiger charge is 2.33. The van der Waals surface area contributed by atoms with Crippen LogP contribution < -0.4 is 0 Å². The van der Waals surface area contributed by atoms with Crippen LogP contribution in [0.3, 0.4) is 0 Å². The Bertz CT molecular complexity index is 1450. The van der Waals surface area contributed by atoms with Crippen LogP contribution in [-0.4, -0.2) is 37.1 Å². The van der Waals surface area contributed by atoms with Crippen molar-refractivity contribution in [3.8, 4) is 11.5 Å². The van der Waals surface area contributed by atoms with Gasteiger partial charge in [-0.3, -0.25) is 0 Å². The van der Waals surface area contributed by atoms with E-state index in [9.17, 15) is 13.6 Å². The fourth-order valence-electron chi connectivity index (χ4n) is 4.37. The highest BCUT2D eigenvalue weighted by Crippen LogP contribution is 2.42. The molecular weight excluding hydrogens is 450 g/mol. The molecule has 0 spiro atoms. The summed E-state index contributed by atoms with van der Waals surface area (Å²) in [6.45, 7) is 8.31. The van der Waals surface area contributed by atoms with Crippen molar-refractivity contribution < 1.29 is 18.3 Å². The second-order valence-corrected chi connectivity index (χ2v) is 9.34. The molecule has 3 aromatic heterocycles. The number of nitrogens with zero attached hydrogens (tertiary/aromatic N) is 4. The van der Waals surface area contributed by atoms with Gasteiger partial charge in [0.05, 0.1) is 34.9 Å². The van der Waals surface area contributed by atoms with Gasteiger partial charge in [0.15, 0.2) is 5.82 Å². The average molecular weight is 479 g/mol. The summed E-state index contributed by atoms with van der Waals surface area (Å²) in [6.07, 6.45) is 3.10. The number of carbonyl (C=O) groups is 1. The predicted octanol–water partition coefficient (Wildman–Crippen LogP) is 6.34. The van der Waals surface area contributed by atoms with Crippen molar-refractivity contribution in [1.82, 2.24) is 19.1 Å². The number of pyridine rings is 1. The van der Waals surface area contributed by atoms with Gasteiger partial charge in [-0.1, -0.05) is 13.5 Å². The number of fused-ring (bicyclic) bond motifs is 2. The van der Waals surface area contributed by atoms with Crippen LogP contribution in [0.5, 0.6) is 0 Å². The first-order valence-electron chi connectivity index (χ1n) is 11.9. The normalized spacial score (nSPS) is 14.2. The molecule has 0 unspecified atom stereocenters. The van der Waals surface area contributed by atoms with Gasteiger partial charge in [-0.15, -0.1) is 0 Å². The SMILES string of the molecule is C=CC(F)(F)Cn1c(-c2nc3cc(C(=O)OC(C)C)ccc3n2C2CC2)cc2ccc(CC)nc21. The lowest BCUT2D eigenvalue weighted by Crippen LogP contribution is -2.22. The molecule has 1 fully saturated rings. The Labute approximate surface area is 202 Å². The highest BCUT2D eigenvalue weighted by atomic mass is 19.3. The van der Waals surface area contributed by atoms with Crippen LogP contribution in [0.15, 0.2) is 49.1 Å². The number of ether oxygens (including phenoxy) is 1. The molecule has 1 aromatic carbocycles. The van der Waals surface area contributed by atoms with E-state index in [1.54, 1.807) is 30.5 Å². The van der Waals surface area contributed by atoms with Gasteiger partial charge in [-0.25, -0.2) is 23.5 Å². The van der Waals surface area contributed by atoms with Crippen molar-refractivity contribution in [3.63, 3.8) is 0 Å². The first-order valence-corrected chi connectivity index (χ1v) is 11.9. The third-order valence-electron chi connectivity index (χ3n) is 6.24. The van der Waals surface area contributed by atoms with Gasteiger partial charge in [0.1, 0.15) is 5.65 Å². The number of hydrogen-bond acceptors (Lipinski definition) is 4. The molecule has 6 nitrogen and oxygen atoms in total. The van der Waals surface area contributed by atoms with Crippen LogP contribution in [0.1, 0.15) is 55.7 Å². The van der Waals surface area contributed by atoms with E-state index < -0.39 is 18.4 Å². The minimum atomic E-state index is -3.12. The summed E-state index contributed by atoms with van der Waals surface area (Å²) in [6, 6.07) is 11.2. The Morgan fingerprint density at radius 3 is 2.66 bits per heavy atom. The van der Waals surface area contributed by atoms with E-state index in [-0.39, 0.29) is 12.1 Å². The van der Waals surface area contributed by atoms with Crippen LogP contribution in [0, 0.1) is 0 Å². The van der Waals surface area contributed by atoms with Crippen LogP contribution in [0.25, 0.3) is 33.6 Å². The molecule has 0 aliphatic heterocycles. The minimum Gasteiger partial charge on any atom is -0.459 e. The Balaban J connectivity index is 1.72. The lowest BCUT2D eigenvalue weighted by molar-refractivity contribution is 0.0370. The lowest BCUT2D eigenvalue weighted by atomic mass is 10.2. The summed E-state index contributed by atoms with van der Waals surface area (Å²) in [7, 11) is 0. The Morgan fingerprint density at radius 1 is 1.23 bits per heavy atom. The molecule has 0 atom stereocenters. The minimum absolute atomic E-state index is 0.231. The smallest absolute Gasteiger partial charge is 0.338 e. The van der Waals surface area contributed by atoms with Gasteiger partial charge >= 0.3 is 5.97 Å². The van der Waals surface area contributed by atoms with Crippen molar-refractivity contribution >= 4 is 28.0 Å². The molecular formula is C27H28F2N4O2. The number of benzene rings is 1. The summed E-state index contributed by atoms with van der Waals surface area (Å²) >= 11 is 0. The summed E-state index contributed by atoms with van der Waals surface area (Å²) in [5.41, 5.74) is 3.78. The van der Waals surface area contributed by atoms with Gasteiger partial charge in [-0.05, 0) is 75.6 Å². The molecule has 1 saturated carbocycles. The number of hydrogen-bond donors (Lipinski definition) is 0. The van der Waals surface area contributed by atoms with Gasteiger partial charge in [0, 0.05) is 17.1 Å². The summed E-state index contributed by atoms with van der Waals surface area (Å²) in [5, 5.41) is 0.771. The number of aromatic nitrogens is 4. The number of rotatable bonds is 8. The van der Waals surface area contributed by atoms with E-state index in [1.807, 2.05) is 31.2 Å². The second-order valence-electron chi connectivity index (χ2n) is 9.34. The molecule has 0 saturated heterocycles. The molecule has 182 valence electrons. The van der Waals surface area contributed by atoms with Crippen molar-refractivity contribution in [1.29, 1.82) is 0 Å². The van der Waals surface area contributed by atoms with Crippen LogP contribution in [0.2, 0.25) is 0 Å². The Hall–Kier alpha value is -3.55. The maximum atomic E-state index is 14.6. The third kappa shape index (κ3) is 4.33. The molecule has 0 N–H and O–H groups in total. The number of esters is 1. The van der Waals surface area contributed by atoms with E-state index in [0.717, 1.165) is 29.4 Å². The number of alkyl halides is 2. The third-order valence-corrected chi connectivity index (χ3v) is 6.24. The molecule has 5 rings (SSSR count). The summed E-state index contributed by atoms with van der Waals surface area (Å²) < 4.78 is 38.2. The van der Waals surface area contributed by atoms with Crippen LogP contribution in [-0.2, 0) is 17.7 Å². The standard InChI is InChI=1S/C27H28F2N4O2/c1-5-19-9-7-17-14-23(32(24(17)30-19)15-27(28,29)6-2)25-31-21-13-18(26(34)35-16(3)4)8-12-22(21)33(25)20-10-11-20/h6-9,12-14,16,20H,2,5,10-11,15H2,1,3-4H3. The molecule has 1 aliphatic rings. The second kappa shape index (κ2) is 8.59. The molecule has 35 heavy (non-hydrogen) atoms. The predicted molar refractivity (Wildman–Crippen MR) is 132 cm³/mol. The van der Waals surface area contributed by atoms with Crippen LogP contribution >= 0.6 is 0 Å². The fraction of sp³-hybridized carbons (Fsp3) is 0.370. The Kier molecular flexibility index (Phi) is 5.69. The average Bonchev–Trinajstić information content (AvgIpc) is 3.51.